The van der Waals surface area contributed by atoms with Crippen LogP contribution in [-0.2, 0) is 0 Å². The van der Waals surface area contributed by atoms with Crippen molar-refractivity contribution in [3.05, 3.63) is 23.5 Å². The molecule has 0 aliphatic rings. The van der Waals surface area contributed by atoms with Crippen LogP contribution >= 0.6 is 24.8 Å². The van der Waals surface area contributed by atoms with Crippen molar-refractivity contribution in [3.63, 3.8) is 0 Å². The predicted molar refractivity (Wildman–Crippen MR) is 64.5 cm³/mol. The Morgan fingerprint density at radius 1 is 1.21 bits per heavy atom. The molecule has 2 rings (SSSR count). The topological polar surface area (TPSA) is 54.7 Å². The highest BCUT2D eigenvalue weighted by atomic mass is 35.5. The molecule has 1 aromatic carbocycles. The van der Waals surface area contributed by atoms with Crippen LogP contribution < -0.4 is 5.73 Å². The molecule has 0 aliphatic heterocycles. The molecule has 1 heterocycles. The molecule has 0 saturated heterocycles. The van der Waals surface area contributed by atoms with Crippen LogP contribution in [0.3, 0.4) is 0 Å². The van der Waals surface area contributed by atoms with Gasteiger partial charge in [0.05, 0.1) is 17.4 Å². The number of halogens is 2. The summed E-state index contributed by atoms with van der Waals surface area (Å²) in [5.74, 6) is 0. The van der Waals surface area contributed by atoms with Gasteiger partial charge >= 0.3 is 0 Å². The lowest BCUT2D eigenvalue weighted by Gasteiger charge is -2.03. The molecule has 0 radical (unpaired) electrons. The number of hydrogen-bond acceptors (Lipinski definition) is 2. The minimum absolute atomic E-state index is 0. The SMILES string of the molecule is Cc1c(N)cc2[nH]cnc2c1C.Cl.Cl. The number of aromatic nitrogens is 2. The number of aryl methyl sites for hydroxylation is 1. The van der Waals surface area contributed by atoms with Gasteiger partial charge in [-0.1, -0.05) is 0 Å². The van der Waals surface area contributed by atoms with E-state index >= 15 is 0 Å². The third kappa shape index (κ3) is 1.79. The summed E-state index contributed by atoms with van der Waals surface area (Å²) in [5, 5.41) is 0. The molecule has 78 valence electrons. The van der Waals surface area contributed by atoms with Crippen molar-refractivity contribution in [3.8, 4) is 0 Å². The van der Waals surface area contributed by atoms with E-state index in [4.69, 9.17) is 5.73 Å². The average molecular weight is 234 g/mol. The summed E-state index contributed by atoms with van der Waals surface area (Å²) in [5.41, 5.74) is 10.9. The van der Waals surface area contributed by atoms with Crippen LogP contribution in [0.4, 0.5) is 5.69 Å². The highest BCUT2D eigenvalue weighted by Crippen LogP contribution is 2.23. The number of aromatic amines is 1. The number of nitrogens with one attached hydrogen (secondary N) is 1. The Balaban J connectivity index is 0.000000845. The third-order valence-electron chi connectivity index (χ3n) is 2.32. The standard InChI is InChI=1S/C9H11N3.2ClH/c1-5-6(2)9-8(3-7(5)10)11-4-12-9;;/h3-4H,10H2,1-2H3,(H,11,12);2*1H. The monoisotopic (exact) mass is 233 g/mol. The maximum Gasteiger partial charge on any atom is 0.0932 e. The van der Waals surface area contributed by atoms with Gasteiger partial charge in [0.25, 0.3) is 0 Å². The summed E-state index contributed by atoms with van der Waals surface area (Å²) >= 11 is 0. The molecule has 0 spiro atoms. The van der Waals surface area contributed by atoms with Crippen molar-refractivity contribution in [1.29, 1.82) is 0 Å². The van der Waals surface area contributed by atoms with Crippen molar-refractivity contribution < 1.29 is 0 Å². The minimum atomic E-state index is 0. The number of hydrogen-bond donors (Lipinski definition) is 2. The van der Waals surface area contributed by atoms with E-state index in [9.17, 15) is 0 Å². The Kier molecular flexibility index (Phi) is 4.23. The Labute approximate surface area is 94.9 Å². The van der Waals surface area contributed by atoms with Crippen LogP contribution in [0.1, 0.15) is 11.1 Å². The lowest BCUT2D eigenvalue weighted by atomic mass is 10.1. The van der Waals surface area contributed by atoms with E-state index in [2.05, 4.69) is 9.97 Å². The summed E-state index contributed by atoms with van der Waals surface area (Å²) in [6.45, 7) is 4.05. The molecule has 0 amide bonds. The molecule has 0 atom stereocenters. The van der Waals surface area contributed by atoms with Crippen molar-refractivity contribution in [2.75, 3.05) is 5.73 Å². The predicted octanol–water partition coefficient (Wildman–Crippen LogP) is 2.61. The normalized spacial score (nSPS) is 9.29. The summed E-state index contributed by atoms with van der Waals surface area (Å²) < 4.78 is 0. The van der Waals surface area contributed by atoms with Gasteiger partial charge in [0, 0.05) is 5.69 Å². The zero-order chi connectivity index (χ0) is 8.72. The van der Waals surface area contributed by atoms with Gasteiger partial charge in [-0.25, -0.2) is 4.98 Å². The Hall–Kier alpha value is -0.930. The smallest absolute Gasteiger partial charge is 0.0932 e. The molecule has 0 bridgehead atoms. The zero-order valence-corrected chi connectivity index (χ0v) is 9.63. The van der Waals surface area contributed by atoms with Gasteiger partial charge in [-0.2, -0.15) is 0 Å². The maximum absolute atomic E-state index is 5.80. The van der Waals surface area contributed by atoms with Crippen LogP contribution in [0.2, 0.25) is 0 Å². The van der Waals surface area contributed by atoms with Gasteiger partial charge in [0.15, 0.2) is 0 Å². The molecule has 14 heavy (non-hydrogen) atoms. The molecule has 0 unspecified atom stereocenters. The largest absolute Gasteiger partial charge is 0.398 e. The highest BCUT2D eigenvalue weighted by molar-refractivity contribution is 5.85. The molecule has 3 N–H and O–H groups in total. The fraction of sp³-hybridized carbons (Fsp3) is 0.222. The summed E-state index contributed by atoms with van der Waals surface area (Å²) in [7, 11) is 0. The second-order valence-corrected chi connectivity index (χ2v) is 3.01. The van der Waals surface area contributed by atoms with E-state index in [1.807, 2.05) is 19.9 Å². The van der Waals surface area contributed by atoms with E-state index in [-0.39, 0.29) is 24.8 Å². The molecule has 5 heteroatoms. The minimum Gasteiger partial charge on any atom is -0.398 e. The number of fused-ring (bicyclic) bond motifs is 1. The summed E-state index contributed by atoms with van der Waals surface area (Å²) in [6, 6.07) is 1.92. The van der Waals surface area contributed by atoms with Gasteiger partial charge in [0.1, 0.15) is 0 Å². The molecule has 0 fully saturated rings. The van der Waals surface area contributed by atoms with Gasteiger partial charge in [-0.3, -0.25) is 0 Å². The lowest BCUT2D eigenvalue weighted by molar-refractivity contribution is 1.32. The Morgan fingerprint density at radius 2 is 1.86 bits per heavy atom. The first-order valence-electron chi connectivity index (χ1n) is 3.89. The zero-order valence-electron chi connectivity index (χ0n) is 8.00. The van der Waals surface area contributed by atoms with Gasteiger partial charge in [-0.05, 0) is 31.0 Å². The number of nitrogen functional groups attached to an aromatic ring is 1. The number of nitrogens with zero attached hydrogens (tertiary/aromatic N) is 1. The number of H-pyrrole nitrogens is 1. The van der Waals surface area contributed by atoms with E-state index in [1.165, 1.54) is 0 Å². The lowest BCUT2D eigenvalue weighted by Crippen LogP contribution is -1.92. The molecular weight excluding hydrogens is 221 g/mol. The molecule has 2 aromatic rings. The molecular formula is C9H13Cl2N3. The van der Waals surface area contributed by atoms with Gasteiger partial charge < -0.3 is 10.7 Å². The number of rotatable bonds is 0. The first-order chi connectivity index (χ1) is 5.70. The Morgan fingerprint density at radius 3 is 2.50 bits per heavy atom. The quantitative estimate of drug-likeness (QED) is 0.688. The van der Waals surface area contributed by atoms with Crippen molar-refractivity contribution in [2.24, 2.45) is 0 Å². The molecule has 0 saturated carbocycles. The number of imidazole rings is 1. The Bertz CT molecular complexity index is 437. The third-order valence-corrected chi connectivity index (χ3v) is 2.32. The fourth-order valence-corrected chi connectivity index (χ4v) is 1.37. The van der Waals surface area contributed by atoms with Crippen LogP contribution in [0.25, 0.3) is 11.0 Å². The fourth-order valence-electron chi connectivity index (χ4n) is 1.37. The maximum atomic E-state index is 5.80. The average Bonchev–Trinajstić information content (AvgIpc) is 2.48. The van der Waals surface area contributed by atoms with E-state index < -0.39 is 0 Å². The van der Waals surface area contributed by atoms with Gasteiger partial charge in [-0.15, -0.1) is 24.8 Å². The molecule has 3 nitrogen and oxygen atoms in total. The van der Waals surface area contributed by atoms with E-state index in [0.717, 1.165) is 27.8 Å². The molecule has 0 aliphatic carbocycles. The number of nitrogens with two attached hydrogens (primary N) is 1. The van der Waals surface area contributed by atoms with Gasteiger partial charge in [0.2, 0.25) is 0 Å². The second-order valence-electron chi connectivity index (χ2n) is 3.01. The van der Waals surface area contributed by atoms with Crippen molar-refractivity contribution in [2.45, 2.75) is 13.8 Å². The van der Waals surface area contributed by atoms with Crippen LogP contribution in [0.15, 0.2) is 12.4 Å². The highest BCUT2D eigenvalue weighted by Gasteiger charge is 2.05. The van der Waals surface area contributed by atoms with Crippen molar-refractivity contribution in [1.82, 2.24) is 9.97 Å². The molecule has 1 aromatic heterocycles. The van der Waals surface area contributed by atoms with Crippen molar-refractivity contribution >= 4 is 41.5 Å². The van der Waals surface area contributed by atoms with Crippen LogP contribution in [0, 0.1) is 13.8 Å². The first kappa shape index (κ1) is 13.1. The van der Waals surface area contributed by atoms with Crippen LogP contribution in [-0.4, -0.2) is 9.97 Å². The second kappa shape index (κ2) is 4.53. The summed E-state index contributed by atoms with van der Waals surface area (Å²) in [4.78, 5) is 7.25. The number of benzene rings is 1. The van der Waals surface area contributed by atoms with E-state index in [1.54, 1.807) is 6.33 Å². The number of anilines is 1. The first-order valence-corrected chi connectivity index (χ1v) is 3.89. The van der Waals surface area contributed by atoms with Crippen LogP contribution in [0.5, 0.6) is 0 Å². The van der Waals surface area contributed by atoms with E-state index in [0.29, 0.717) is 0 Å². The summed E-state index contributed by atoms with van der Waals surface area (Å²) in [6.07, 6.45) is 1.69.